The number of hydrogen-bond donors (Lipinski definition) is 1. The fourth-order valence-corrected chi connectivity index (χ4v) is 3.81. The molecule has 2 N–H and O–H groups in total. The summed E-state index contributed by atoms with van der Waals surface area (Å²) in [5, 5.41) is 0. The summed E-state index contributed by atoms with van der Waals surface area (Å²) in [6.07, 6.45) is 0.0962. The first-order valence-corrected chi connectivity index (χ1v) is 10.5. The normalized spacial score (nSPS) is 11.8. The Hall–Kier alpha value is -2.28. The van der Waals surface area contributed by atoms with Crippen molar-refractivity contribution in [3.63, 3.8) is 0 Å². The third kappa shape index (κ3) is 5.65. The lowest BCUT2D eigenvalue weighted by Gasteiger charge is -2.14. The fourth-order valence-electron chi connectivity index (χ4n) is 3.81. The maximum absolute atomic E-state index is 13.0. The summed E-state index contributed by atoms with van der Waals surface area (Å²) in [5.41, 5.74) is 8.31. The average Bonchev–Trinajstić information content (AvgIpc) is 2.97. The minimum absolute atomic E-state index is 0.387. The largest absolute Gasteiger partial charge is 0.416 e. The van der Waals surface area contributed by atoms with Gasteiger partial charge >= 0.3 is 6.18 Å². The first kappa shape index (κ1) is 24.0. The molecule has 0 bridgehead atoms. The molecule has 1 heterocycles. The number of hydrogen-bond acceptors (Lipinski definition) is 2. The van der Waals surface area contributed by atoms with Crippen molar-refractivity contribution >= 4 is 5.91 Å². The number of carbonyl (C=O) groups excluding carboxylic acids is 1. The number of halogens is 3. The van der Waals surface area contributed by atoms with Crippen LogP contribution in [0.2, 0.25) is 0 Å². The quantitative estimate of drug-likeness (QED) is 0.468. The Morgan fingerprint density at radius 2 is 1.77 bits per heavy atom. The number of nitrogens with zero attached hydrogens (tertiary/aromatic N) is 1. The second-order valence-electron chi connectivity index (χ2n) is 7.38. The van der Waals surface area contributed by atoms with E-state index in [-0.39, 0.29) is 0 Å². The molecule has 0 aliphatic heterocycles. The topological polar surface area (TPSA) is 57.2 Å². The first-order valence-electron chi connectivity index (χ1n) is 10.5. The number of rotatable bonds is 11. The van der Waals surface area contributed by atoms with Gasteiger partial charge in [-0.05, 0) is 50.8 Å². The van der Waals surface area contributed by atoms with Crippen molar-refractivity contribution < 1.29 is 22.7 Å². The number of carbonyl (C=O) groups is 1. The Kier molecular flexibility index (Phi) is 8.53. The summed E-state index contributed by atoms with van der Waals surface area (Å²) in [7, 11) is 0. The molecule has 4 nitrogen and oxygen atoms in total. The van der Waals surface area contributed by atoms with Gasteiger partial charge in [-0.15, -0.1) is 0 Å². The van der Waals surface area contributed by atoms with Crippen LogP contribution in [0.1, 0.15) is 66.8 Å². The minimum atomic E-state index is -4.41. The molecule has 0 saturated heterocycles. The van der Waals surface area contributed by atoms with Crippen LogP contribution in [0.25, 0.3) is 11.1 Å². The first-order chi connectivity index (χ1) is 14.2. The lowest BCUT2D eigenvalue weighted by Crippen LogP contribution is -2.14. The Balaban J connectivity index is 2.55. The zero-order valence-electron chi connectivity index (χ0n) is 17.9. The molecule has 0 unspecified atom stereocenters. The highest BCUT2D eigenvalue weighted by atomic mass is 19.4. The van der Waals surface area contributed by atoms with E-state index in [4.69, 9.17) is 10.5 Å². The third-order valence-electron chi connectivity index (χ3n) is 5.27. The molecule has 7 heteroatoms. The zero-order valence-corrected chi connectivity index (χ0v) is 17.9. The van der Waals surface area contributed by atoms with E-state index in [1.165, 1.54) is 12.1 Å². The van der Waals surface area contributed by atoms with Crippen molar-refractivity contribution in [2.45, 2.75) is 65.6 Å². The van der Waals surface area contributed by atoms with Gasteiger partial charge in [0.05, 0.1) is 11.1 Å². The zero-order chi connectivity index (χ0) is 22.3. The number of unbranched alkanes of at least 4 members (excludes halogenated alkanes) is 2. The summed E-state index contributed by atoms with van der Waals surface area (Å²) in [4.78, 5) is 12.3. The molecule has 2 aromatic rings. The van der Waals surface area contributed by atoms with Gasteiger partial charge in [0.2, 0.25) is 0 Å². The monoisotopic (exact) mass is 424 g/mol. The molecule has 0 aliphatic rings. The number of benzene rings is 1. The van der Waals surface area contributed by atoms with Gasteiger partial charge in [-0.3, -0.25) is 4.79 Å². The van der Waals surface area contributed by atoms with Gasteiger partial charge in [-0.2, -0.15) is 13.2 Å². The average molecular weight is 425 g/mol. The van der Waals surface area contributed by atoms with Crippen LogP contribution in [0.4, 0.5) is 13.2 Å². The highest BCUT2D eigenvalue weighted by Gasteiger charge is 2.31. The van der Waals surface area contributed by atoms with E-state index in [9.17, 15) is 18.0 Å². The van der Waals surface area contributed by atoms with Gasteiger partial charge < -0.3 is 15.0 Å². The number of ether oxygens (including phenoxy) is 1. The van der Waals surface area contributed by atoms with Crippen molar-refractivity contribution in [2.24, 2.45) is 5.73 Å². The summed E-state index contributed by atoms with van der Waals surface area (Å²) in [5.74, 6) is -0.567. The number of aromatic nitrogens is 1. The molecule has 2 rings (SSSR count). The van der Waals surface area contributed by atoms with E-state index < -0.39 is 17.6 Å². The minimum Gasteiger partial charge on any atom is -0.382 e. The third-order valence-corrected chi connectivity index (χ3v) is 5.27. The van der Waals surface area contributed by atoms with E-state index >= 15 is 0 Å². The Bertz CT molecular complexity index is 840. The number of primary amides is 1. The number of amides is 1. The number of nitrogens with two attached hydrogens (primary N) is 1. The van der Waals surface area contributed by atoms with Crippen LogP contribution in [0.5, 0.6) is 0 Å². The van der Waals surface area contributed by atoms with Crippen LogP contribution in [0, 0.1) is 6.92 Å². The molecular formula is C23H31F3N2O2. The second kappa shape index (κ2) is 10.7. The maximum Gasteiger partial charge on any atom is 0.416 e. The SMILES string of the molecule is CCCCCc1c(-c2ccc(C(F)(F)F)cc2)c(C(N)=O)c(C)n1CCCOCC. The molecule has 1 amide bonds. The molecule has 166 valence electrons. The lowest BCUT2D eigenvalue weighted by molar-refractivity contribution is -0.137. The van der Waals surface area contributed by atoms with E-state index in [0.717, 1.165) is 55.6 Å². The van der Waals surface area contributed by atoms with Crippen LogP contribution < -0.4 is 5.73 Å². The summed E-state index contributed by atoms with van der Waals surface area (Å²) in [6.45, 7) is 7.79. The molecule has 0 saturated carbocycles. The fraction of sp³-hybridized carbons (Fsp3) is 0.522. The summed E-state index contributed by atoms with van der Waals surface area (Å²) < 4.78 is 46.5. The van der Waals surface area contributed by atoms with Crippen LogP contribution in [-0.2, 0) is 23.9 Å². The number of alkyl halides is 3. The molecule has 30 heavy (non-hydrogen) atoms. The van der Waals surface area contributed by atoms with E-state index in [1.54, 1.807) is 0 Å². The predicted molar refractivity (Wildman–Crippen MR) is 112 cm³/mol. The van der Waals surface area contributed by atoms with Crippen molar-refractivity contribution in [1.82, 2.24) is 4.57 Å². The Labute approximate surface area is 176 Å². The molecule has 0 spiro atoms. The standard InChI is InChI=1S/C23H31F3N2O2/c1-4-6-7-9-19-21(17-10-12-18(13-11-17)23(24,25)26)20(22(27)29)16(3)28(19)14-8-15-30-5-2/h10-13H,4-9,14-15H2,1-3H3,(H2,27,29). The van der Waals surface area contributed by atoms with E-state index in [1.807, 2.05) is 13.8 Å². The van der Waals surface area contributed by atoms with E-state index in [0.29, 0.717) is 36.4 Å². The Morgan fingerprint density at radius 3 is 2.30 bits per heavy atom. The molecule has 1 aromatic heterocycles. The maximum atomic E-state index is 13.0. The van der Waals surface area contributed by atoms with Gasteiger partial charge in [0.1, 0.15) is 0 Å². The van der Waals surface area contributed by atoms with Gasteiger partial charge in [-0.1, -0.05) is 31.9 Å². The molecule has 0 radical (unpaired) electrons. The summed E-state index contributed by atoms with van der Waals surface area (Å²) >= 11 is 0. The highest BCUT2D eigenvalue weighted by molar-refractivity contribution is 6.02. The van der Waals surface area contributed by atoms with Crippen molar-refractivity contribution in [3.05, 3.63) is 46.8 Å². The summed E-state index contributed by atoms with van der Waals surface area (Å²) in [6, 6.07) is 4.96. The van der Waals surface area contributed by atoms with Gasteiger partial charge in [0, 0.05) is 36.7 Å². The van der Waals surface area contributed by atoms with Crippen LogP contribution in [-0.4, -0.2) is 23.7 Å². The molecule has 1 aromatic carbocycles. The smallest absolute Gasteiger partial charge is 0.382 e. The van der Waals surface area contributed by atoms with Crippen LogP contribution in [0.15, 0.2) is 24.3 Å². The van der Waals surface area contributed by atoms with Crippen LogP contribution in [0.3, 0.4) is 0 Å². The molecule has 0 atom stereocenters. The van der Waals surface area contributed by atoms with Crippen LogP contribution >= 0.6 is 0 Å². The van der Waals surface area contributed by atoms with Gasteiger partial charge in [0.25, 0.3) is 5.91 Å². The molecular weight excluding hydrogens is 393 g/mol. The lowest BCUT2D eigenvalue weighted by atomic mass is 9.96. The van der Waals surface area contributed by atoms with Gasteiger partial charge in [-0.25, -0.2) is 0 Å². The van der Waals surface area contributed by atoms with Gasteiger partial charge in [0.15, 0.2) is 0 Å². The predicted octanol–water partition coefficient (Wildman–Crippen LogP) is 5.74. The second-order valence-corrected chi connectivity index (χ2v) is 7.38. The molecule has 0 fully saturated rings. The van der Waals surface area contributed by atoms with E-state index in [2.05, 4.69) is 11.5 Å². The Morgan fingerprint density at radius 1 is 1.10 bits per heavy atom. The van der Waals surface area contributed by atoms with Crippen molar-refractivity contribution in [1.29, 1.82) is 0 Å². The van der Waals surface area contributed by atoms with Crippen molar-refractivity contribution in [3.8, 4) is 11.1 Å². The molecule has 0 aliphatic carbocycles. The highest BCUT2D eigenvalue weighted by Crippen LogP contribution is 2.36. The van der Waals surface area contributed by atoms with Crippen molar-refractivity contribution in [2.75, 3.05) is 13.2 Å².